The zero-order valence-electron chi connectivity index (χ0n) is 14.4. The molecule has 1 heteroatoms. The van der Waals surface area contributed by atoms with Crippen LogP contribution in [-0.4, -0.2) is 4.57 Å². The van der Waals surface area contributed by atoms with Crippen LogP contribution >= 0.6 is 0 Å². The van der Waals surface area contributed by atoms with Gasteiger partial charge in [0.2, 0.25) is 0 Å². The van der Waals surface area contributed by atoms with Crippen LogP contribution in [0.3, 0.4) is 0 Å². The first-order chi connectivity index (χ1) is 11.7. The Morgan fingerprint density at radius 3 is 1.33 bits per heavy atom. The standard InChI is InChI=1S/C23H21N/c1-16-14-20-21(15-17(16)2)23(19-12-8-5-9-13-19)24(3)22(20)18-10-6-4-7-11-18/h4-15H,1-3H3. The van der Waals surface area contributed by atoms with Crippen LogP contribution < -0.4 is 0 Å². The smallest absolute Gasteiger partial charge is 0.0562 e. The van der Waals surface area contributed by atoms with Crippen LogP contribution in [0.5, 0.6) is 0 Å². The first-order valence-electron chi connectivity index (χ1n) is 8.37. The summed E-state index contributed by atoms with van der Waals surface area (Å²) in [6.07, 6.45) is 0. The molecular formula is C23H21N. The fourth-order valence-electron chi connectivity index (χ4n) is 3.57. The Labute approximate surface area is 143 Å². The fraction of sp³-hybridized carbons (Fsp3) is 0.130. The van der Waals surface area contributed by atoms with E-state index in [4.69, 9.17) is 0 Å². The van der Waals surface area contributed by atoms with Gasteiger partial charge in [0, 0.05) is 17.8 Å². The summed E-state index contributed by atoms with van der Waals surface area (Å²) in [5, 5.41) is 2.65. The van der Waals surface area contributed by atoms with E-state index >= 15 is 0 Å². The van der Waals surface area contributed by atoms with Crippen molar-refractivity contribution in [1.82, 2.24) is 4.57 Å². The molecule has 0 saturated heterocycles. The molecule has 3 aromatic carbocycles. The lowest BCUT2D eigenvalue weighted by atomic mass is 9.99. The Balaban J connectivity index is 2.14. The largest absolute Gasteiger partial charge is 0.343 e. The molecule has 4 rings (SSSR count). The molecule has 0 fully saturated rings. The number of benzene rings is 3. The third kappa shape index (κ3) is 2.25. The van der Waals surface area contributed by atoms with E-state index in [0.29, 0.717) is 0 Å². The number of aromatic nitrogens is 1. The Morgan fingerprint density at radius 1 is 0.583 bits per heavy atom. The second-order valence-electron chi connectivity index (χ2n) is 6.47. The maximum Gasteiger partial charge on any atom is 0.0562 e. The highest BCUT2D eigenvalue weighted by Gasteiger charge is 2.17. The van der Waals surface area contributed by atoms with Gasteiger partial charge in [-0.3, -0.25) is 0 Å². The van der Waals surface area contributed by atoms with Gasteiger partial charge in [0.05, 0.1) is 11.4 Å². The fourth-order valence-corrected chi connectivity index (χ4v) is 3.57. The monoisotopic (exact) mass is 311 g/mol. The zero-order valence-corrected chi connectivity index (χ0v) is 14.4. The number of hydrogen-bond acceptors (Lipinski definition) is 0. The summed E-state index contributed by atoms with van der Waals surface area (Å²) < 4.78 is 2.34. The van der Waals surface area contributed by atoms with Gasteiger partial charge in [-0.15, -0.1) is 0 Å². The molecule has 0 atom stereocenters. The molecule has 0 aliphatic heterocycles. The van der Waals surface area contributed by atoms with Crippen molar-refractivity contribution in [1.29, 1.82) is 0 Å². The normalized spacial score (nSPS) is 11.1. The van der Waals surface area contributed by atoms with Gasteiger partial charge >= 0.3 is 0 Å². The van der Waals surface area contributed by atoms with Crippen LogP contribution in [0.4, 0.5) is 0 Å². The van der Waals surface area contributed by atoms with Gasteiger partial charge in [0.15, 0.2) is 0 Å². The molecule has 1 heterocycles. The van der Waals surface area contributed by atoms with E-state index in [1.165, 1.54) is 44.4 Å². The predicted octanol–water partition coefficient (Wildman–Crippen LogP) is 6.13. The van der Waals surface area contributed by atoms with Crippen LogP contribution in [0, 0.1) is 13.8 Å². The van der Waals surface area contributed by atoms with E-state index in [1.54, 1.807) is 0 Å². The molecule has 0 bridgehead atoms. The van der Waals surface area contributed by atoms with Crippen LogP contribution in [0.15, 0.2) is 72.8 Å². The molecule has 1 aromatic heterocycles. The summed E-state index contributed by atoms with van der Waals surface area (Å²) in [4.78, 5) is 0. The SMILES string of the molecule is Cc1cc2c(-c3ccccc3)n(C)c(-c3ccccc3)c2cc1C. The maximum absolute atomic E-state index is 2.34. The number of fused-ring (bicyclic) bond motifs is 1. The topological polar surface area (TPSA) is 4.93 Å². The first kappa shape index (κ1) is 14.8. The molecular weight excluding hydrogens is 290 g/mol. The van der Waals surface area contributed by atoms with Crippen LogP contribution in [0.2, 0.25) is 0 Å². The van der Waals surface area contributed by atoms with Crippen molar-refractivity contribution < 1.29 is 0 Å². The van der Waals surface area contributed by atoms with Crippen molar-refractivity contribution in [2.75, 3.05) is 0 Å². The highest BCUT2D eigenvalue weighted by molar-refractivity contribution is 6.06. The minimum absolute atomic E-state index is 1.26. The van der Waals surface area contributed by atoms with Crippen LogP contribution in [-0.2, 0) is 7.05 Å². The highest BCUT2D eigenvalue weighted by atomic mass is 15.0. The van der Waals surface area contributed by atoms with E-state index < -0.39 is 0 Å². The number of nitrogens with zero attached hydrogens (tertiary/aromatic N) is 1. The van der Waals surface area contributed by atoms with Gasteiger partial charge in [-0.05, 0) is 48.2 Å². The maximum atomic E-state index is 2.34. The molecule has 0 N–H and O–H groups in total. The Bertz CT molecular complexity index is 926. The van der Waals surface area contributed by atoms with E-state index in [0.717, 1.165) is 0 Å². The summed E-state index contributed by atoms with van der Waals surface area (Å²) in [5.74, 6) is 0. The molecule has 118 valence electrons. The Morgan fingerprint density at radius 2 is 0.958 bits per heavy atom. The summed E-state index contributed by atoms with van der Waals surface area (Å²) in [6.45, 7) is 4.39. The molecule has 0 spiro atoms. The van der Waals surface area contributed by atoms with Gasteiger partial charge in [-0.25, -0.2) is 0 Å². The second-order valence-corrected chi connectivity index (χ2v) is 6.47. The summed E-state index contributed by atoms with van der Waals surface area (Å²) in [7, 11) is 2.18. The average molecular weight is 311 g/mol. The number of aryl methyl sites for hydroxylation is 2. The van der Waals surface area contributed by atoms with Crippen LogP contribution in [0.25, 0.3) is 33.3 Å². The number of hydrogen-bond donors (Lipinski definition) is 0. The van der Waals surface area contributed by atoms with Crippen molar-refractivity contribution in [2.24, 2.45) is 7.05 Å². The average Bonchev–Trinajstić information content (AvgIpc) is 2.88. The highest BCUT2D eigenvalue weighted by Crippen LogP contribution is 2.39. The minimum atomic E-state index is 1.26. The molecule has 0 aliphatic rings. The molecule has 0 unspecified atom stereocenters. The second kappa shape index (κ2) is 5.68. The minimum Gasteiger partial charge on any atom is -0.343 e. The molecule has 1 nitrogen and oxygen atoms in total. The van der Waals surface area contributed by atoms with Gasteiger partial charge < -0.3 is 4.57 Å². The lowest BCUT2D eigenvalue weighted by Crippen LogP contribution is -1.94. The molecule has 0 saturated carbocycles. The molecule has 0 amide bonds. The van der Waals surface area contributed by atoms with Gasteiger partial charge in [-0.2, -0.15) is 0 Å². The Kier molecular flexibility index (Phi) is 3.50. The van der Waals surface area contributed by atoms with Crippen molar-refractivity contribution in [3.63, 3.8) is 0 Å². The molecule has 24 heavy (non-hydrogen) atoms. The van der Waals surface area contributed by atoms with Crippen molar-refractivity contribution in [3.8, 4) is 22.5 Å². The first-order valence-corrected chi connectivity index (χ1v) is 8.37. The van der Waals surface area contributed by atoms with Gasteiger partial charge in [0.25, 0.3) is 0 Å². The molecule has 0 aliphatic carbocycles. The lowest BCUT2D eigenvalue weighted by molar-refractivity contribution is 0.951. The Hall–Kier alpha value is -2.80. The zero-order chi connectivity index (χ0) is 16.7. The van der Waals surface area contributed by atoms with Crippen LogP contribution in [0.1, 0.15) is 11.1 Å². The predicted molar refractivity (Wildman–Crippen MR) is 103 cm³/mol. The van der Waals surface area contributed by atoms with E-state index in [-0.39, 0.29) is 0 Å². The van der Waals surface area contributed by atoms with E-state index in [2.05, 4.69) is 98.3 Å². The van der Waals surface area contributed by atoms with E-state index in [9.17, 15) is 0 Å². The van der Waals surface area contributed by atoms with E-state index in [1.807, 2.05) is 0 Å². The summed E-state index contributed by atoms with van der Waals surface area (Å²) >= 11 is 0. The number of rotatable bonds is 2. The van der Waals surface area contributed by atoms with Crippen molar-refractivity contribution in [2.45, 2.75) is 13.8 Å². The quantitative estimate of drug-likeness (QED) is 0.419. The third-order valence-corrected chi connectivity index (χ3v) is 4.91. The molecule has 0 radical (unpaired) electrons. The summed E-state index contributed by atoms with van der Waals surface area (Å²) in [5.41, 5.74) is 7.76. The lowest BCUT2D eigenvalue weighted by Gasteiger charge is -2.08. The van der Waals surface area contributed by atoms with Gasteiger partial charge in [0.1, 0.15) is 0 Å². The van der Waals surface area contributed by atoms with Crippen molar-refractivity contribution in [3.05, 3.63) is 83.9 Å². The molecule has 4 aromatic rings. The summed E-state index contributed by atoms with van der Waals surface area (Å²) in [6, 6.07) is 26.0. The van der Waals surface area contributed by atoms with Crippen molar-refractivity contribution >= 4 is 10.8 Å². The third-order valence-electron chi connectivity index (χ3n) is 4.91. The van der Waals surface area contributed by atoms with Gasteiger partial charge in [-0.1, -0.05) is 60.7 Å².